The van der Waals surface area contributed by atoms with Crippen LogP contribution in [-0.4, -0.2) is 43.7 Å². The van der Waals surface area contributed by atoms with Crippen LogP contribution >= 0.6 is 0 Å². The number of carbonyl (C=O) groups excluding carboxylic acids is 1. The third-order valence-corrected chi connectivity index (χ3v) is 3.40. The molecule has 0 bridgehead atoms. The van der Waals surface area contributed by atoms with Crippen molar-refractivity contribution in [2.45, 2.75) is 19.4 Å². The highest BCUT2D eigenvalue weighted by atomic mass is 16.5. The van der Waals surface area contributed by atoms with E-state index in [2.05, 4.69) is 4.90 Å². The number of hydrogen-bond donors (Lipinski definition) is 2. The van der Waals surface area contributed by atoms with Crippen molar-refractivity contribution < 1.29 is 9.53 Å². The van der Waals surface area contributed by atoms with Gasteiger partial charge in [0.2, 0.25) is 5.91 Å². The highest BCUT2D eigenvalue weighted by Crippen LogP contribution is 2.19. The molecule has 0 fully saturated rings. The fraction of sp³-hybridized carbons (Fsp3) is 0.533. The molecule has 0 saturated carbocycles. The van der Waals surface area contributed by atoms with Crippen LogP contribution in [0.1, 0.15) is 19.4 Å². The quantitative estimate of drug-likeness (QED) is 0.651. The minimum atomic E-state index is -1.18. The largest absolute Gasteiger partial charge is 0.380 e. The fourth-order valence-corrected chi connectivity index (χ4v) is 2.09. The van der Waals surface area contributed by atoms with E-state index in [1.54, 1.807) is 0 Å². The van der Waals surface area contributed by atoms with Gasteiger partial charge in [-0.3, -0.25) is 9.69 Å². The van der Waals surface area contributed by atoms with Crippen molar-refractivity contribution >= 4 is 5.91 Å². The summed E-state index contributed by atoms with van der Waals surface area (Å²) in [5.41, 5.74) is 11.4. The third-order valence-electron chi connectivity index (χ3n) is 3.40. The van der Waals surface area contributed by atoms with E-state index in [1.807, 2.05) is 44.2 Å². The summed E-state index contributed by atoms with van der Waals surface area (Å²) >= 11 is 0. The highest BCUT2D eigenvalue weighted by molar-refractivity contribution is 5.86. The average molecular weight is 279 g/mol. The molecule has 1 aromatic rings. The number of nitrogens with two attached hydrogens (primary N) is 2. The molecule has 1 atom stereocenters. The summed E-state index contributed by atoms with van der Waals surface area (Å²) in [7, 11) is 0. The minimum absolute atomic E-state index is 0.385. The van der Waals surface area contributed by atoms with Crippen LogP contribution in [0.4, 0.5) is 0 Å². The van der Waals surface area contributed by atoms with Crippen LogP contribution in [0.2, 0.25) is 0 Å². The first-order valence-corrected chi connectivity index (χ1v) is 6.99. The van der Waals surface area contributed by atoms with E-state index >= 15 is 0 Å². The van der Waals surface area contributed by atoms with Crippen LogP contribution in [0.15, 0.2) is 30.3 Å². The summed E-state index contributed by atoms with van der Waals surface area (Å²) in [6, 6.07) is 9.27. The second kappa shape index (κ2) is 7.99. The minimum Gasteiger partial charge on any atom is -0.380 e. The molecule has 112 valence electrons. The number of amides is 1. The predicted octanol–water partition coefficient (Wildman–Crippen LogP) is 0.684. The summed E-state index contributed by atoms with van der Waals surface area (Å²) in [4.78, 5) is 13.9. The highest BCUT2D eigenvalue weighted by Gasteiger charge is 2.35. The molecule has 1 aromatic carbocycles. The van der Waals surface area contributed by atoms with Crippen LogP contribution in [0, 0.1) is 0 Å². The second-order valence-electron chi connectivity index (χ2n) is 4.77. The van der Waals surface area contributed by atoms with Gasteiger partial charge >= 0.3 is 0 Å². The molecule has 1 unspecified atom stereocenters. The van der Waals surface area contributed by atoms with Gasteiger partial charge in [0.1, 0.15) is 5.54 Å². The van der Waals surface area contributed by atoms with Gasteiger partial charge in [-0.25, -0.2) is 0 Å². The zero-order chi connectivity index (χ0) is 15.0. The Morgan fingerprint density at radius 1 is 1.30 bits per heavy atom. The Morgan fingerprint density at radius 3 is 2.45 bits per heavy atom. The lowest BCUT2D eigenvalue weighted by molar-refractivity contribution is -0.124. The van der Waals surface area contributed by atoms with E-state index in [9.17, 15) is 4.79 Å². The Labute approximate surface area is 120 Å². The van der Waals surface area contributed by atoms with Gasteiger partial charge in [0.05, 0.1) is 6.61 Å². The smallest absolute Gasteiger partial charge is 0.243 e. The third kappa shape index (κ3) is 4.30. The summed E-state index contributed by atoms with van der Waals surface area (Å²) in [5, 5.41) is 0. The molecule has 5 heteroatoms. The van der Waals surface area contributed by atoms with Crippen molar-refractivity contribution in [1.29, 1.82) is 0 Å². The van der Waals surface area contributed by atoms with Gasteiger partial charge in [-0.2, -0.15) is 0 Å². The molecular formula is C15H25N3O2. The Bertz CT molecular complexity index is 411. The first-order valence-electron chi connectivity index (χ1n) is 6.99. The Hall–Kier alpha value is -1.43. The van der Waals surface area contributed by atoms with Crippen molar-refractivity contribution in [3.05, 3.63) is 35.9 Å². The Balaban J connectivity index is 2.83. The fourth-order valence-electron chi connectivity index (χ4n) is 2.09. The Kier molecular flexibility index (Phi) is 6.64. The van der Waals surface area contributed by atoms with Crippen molar-refractivity contribution in [3.63, 3.8) is 0 Å². The first kappa shape index (κ1) is 16.6. The summed E-state index contributed by atoms with van der Waals surface area (Å²) < 4.78 is 5.35. The summed E-state index contributed by atoms with van der Waals surface area (Å²) in [6.07, 6.45) is 0. The van der Waals surface area contributed by atoms with Gasteiger partial charge in [-0.1, -0.05) is 37.3 Å². The topological polar surface area (TPSA) is 81.6 Å². The number of primary amides is 1. The molecule has 4 N–H and O–H groups in total. The van der Waals surface area contributed by atoms with Crippen molar-refractivity contribution in [2.24, 2.45) is 11.5 Å². The van der Waals surface area contributed by atoms with Crippen LogP contribution in [0.25, 0.3) is 0 Å². The predicted molar refractivity (Wildman–Crippen MR) is 80.1 cm³/mol. The zero-order valence-corrected chi connectivity index (χ0v) is 12.3. The maximum absolute atomic E-state index is 11.8. The standard InChI is InChI=1S/C15H25N3O2/c1-3-18(10-11-20-4-2)12-15(17,14(16)19)13-8-6-5-7-9-13/h5-9H,3-4,10-12,17H2,1-2H3,(H2,16,19). The van der Waals surface area contributed by atoms with Gasteiger partial charge in [0, 0.05) is 19.7 Å². The second-order valence-corrected chi connectivity index (χ2v) is 4.77. The lowest BCUT2D eigenvalue weighted by atomic mass is 9.89. The molecule has 0 spiro atoms. The lowest BCUT2D eigenvalue weighted by Crippen LogP contribution is -2.56. The van der Waals surface area contributed by atoms with E-state index in [0.717, 1.165) is 18.7 Å². The number of hydrogen-bond acceptors (Lipinski definition) is 4. The zero-order valence-electron chi connectivity index (χ0n) is 12.3. The number of rotatable bonds is 9. The number of carbonyl (C=O) groups is 1. The molecule has 0 saturated heterocycles. The molecule has 0 aliphatic carbocycles. The number of likely N-dealkylation sites (N-methyl/N-ethyl adjacent to an activating group) is 1. The van der Waals surface area contributed by atoms with E-state index < -0.39 is 11.4 Å². The summed E-state index contributed by atoms with van der Waals surface area (Å²) in [6.45, 7) is 7.18. The van der Waals surface area contributed by atoms with Crippen molar-refractivity contribution in [3.8, 4) is 0 Å². The molecule has 0 radical (unpaired) electrons. The number of benzene rings is 1. The number of ether oxygens (including phenoxy) is 1. The molecule has 0 heterocycles. The van der Waals surface area contributed by atoms with Crippen molar-refractivity contribution in [1.82, 2.24) is 4.90 Å². The van der Waals surface area contributed by atoms with Crippen LogP contribution in [0.5, 0.6) is 0 Å². The molecular weight excluding hydrogens is 254 g/mol. The maximum atomic E-state index is 11.8. The van der Waals surface area contributed by atoms with Crippen molar-refractivity contribution in [2.75, 3.05) is 32.8 Å². The lowest BCUT2D eigenvalue weighted by Gasteiger charge is -2.32. The SMILES string of the molecule is CCOCCN(CC)CC(N)(C(N)=O)c1ccccc1. The molecule has 20 heavy (non-hydrogen) atoms. The Morgan fingerprint density at radius 2 is 1.95 bits per heavy atom. The molecule has 1 rings (SSSR count). The normalized spacial score (nSPS) is 14.2. The van der Waals surface area contributed by atoms with Gasteiger partial charge in [-0.05, 0) is 19.0 Å². The van der Waals surface area contributed by atoms with Gasteiger partial charge < -0.3 is 16.2 Å². The van der Waals surface area contributed by atoms with Gasteiger partial charge in [-0.15, -0.1) is 0 Å². The van der Waals surface area contributed by atoms with Gasteiger partial charge in [0.25, 0.3) is 0 Å². The monoisotopic (exact) mass is 279 g/mol. The molecule has 1 amide bonds. The number of nitrogens with zero attached hydrogens (tertiary/aromatic N) is 1. The molecule has 5 nitrogen and oxygen atoms in total. The molecule has 0 aliphatic rings. The van der Waals surface area contributed by atoms with Crippen LogP contribution < -0.4 is 11.5 Å². The molecule has 0 aliphatic heterocycles. The van der Waals surface area contributed by atoms with Crippen LogP contribution in [0.3, 0.4) is 0 Å². The summed E-state index contributed by atoms with van der Waals surface area (Å²) in [5.74, 6) is -0.515. The van der Waals surface area contributed by atoms with Crippen LogP contribution in [-0.2, 0) is 15.1 Å². The molecule has 0 aromatic heterocycles. The van der Waals surface area contributed by atoms with E-state index in [0.29, 0.717) is 19.8 Å². The average Bonchev–Trinajstić information content (AvgIpc) is 2.47. The van der Waals surface area contributed by atoms with E-state index in [-0.39, 0.29) is 0 Å². The first-order chi connectivity index (χ1) is 9.54. The van der Waals surface area contributed by atoms with Gasteiger partial charge in [0.15, 0.2) is 0 Å². The maximum Gasteiger partial charge on any atom is 0.243 e. The van der Waals surface area contributed by atoms with E-state index in [4.69, 9.17) is 16.2 Å². The van der Waals surface area contributed by atoms with E-state index in [1.165, 1.54) is 0 Å².